The molecule has 2 unspecified atom stereocenters. The van der Waals surface area contributed by atoms with Crippen LogP contribution in [0.1, 0.15) is 37.8 Å². The van der Waals surface area contributed by atoms with E-state index in [1.54, 1.807) is 6.07 Å². The van der Waals surface area contributed by atoms with Crippen LogP contribution in [-0.2, 0) is 9.84 Å². The predicted octanol–water partition coefficient (Wildman–Crippen LogP) is 2.04. The van der Waals surface area contributed by atoms with E-state index in [2.05, 4.69) is 5.32 Å². The van der Waals surface area contributed by atoms with Crippen molar-refractivity contribution in [2.75, 3.05) is 12.9 Å². The summed E-state index contributed by atoms with van der Waals surface area (Å²) in [5.74, 6) is -0.131. The number of hydrogen-bond acceptors (Lipinski definition) is 4. The molecular weight excluding hydrogens is 293 g/mol. The molecule has 4 nitrogen and oxygen atoms in total. The summed E-state index contributed by atoms with van der Waals surface area (Å²) in [6, 6.07) is 4.36. The third-order valence-electron chi connectivity index (χ3n) is 3.95. The fraction of sp³-hybridized carbons (Fsp3) is 0.600. The number of rotatable bonds is 7. The van der Waals surface area contributed by atoms with Gasteiger partial charge in [-0.3, -0.25) is 0 Å². The molecular formula is C15H22FNO3S. The Bertz CT molecular complexity index is 599. The van der Waals surface area contributed by atoms with Gasteiger partial charge in [-0.25, -0.2) is 12.8 Å². The second kappa shape index (κ2) is 6.42. The predicted molar refractivity (Wildman–Crippen MR) is 79.3 cm³/mol. The van der Waals surface area contributed by atoms with Gasteiger partial charge < -0.3 is 10.4 Å². The normalized spacial score (nSPS) is 18.5. The van der Waals surface area contributed by atoms with Crippen LogP contribution < -0.4 is 5.32 Å². The zero-order chi connectivity index (χ0) is 15.6. The first-order valence-corrected chi connectivity index (χ1v) is 9.08. The fourth-order valence-electron chi connectivity index (χ4n) is 2.60. The van der Waals surface area contributed by atoms with Crippen LogP contribution in [0.2, 0.25) is 0 Å². The summed E-state index contributed by atoms with van der Waals surface area (Å²) in [5, 5.41) is 12.5. The van der Waals surface area contributed by atoms with Gasteiger partial charge in [-0.05, 0) is 49.8 Å². The summed E-state index contributed by atoms with van der Waals surface area (Å²) in [5.41, 5.74) is 0.712. The number of sulfone groups is 1. The second-order valence-electron chi connectivity index (χ2n) is 5.81. The van der Waals surface area contributed by atoms with Crippen LogP contribution >= 0.6 is 0 Å². The van der Waals surface area contributed by atoms with Gasteiger partial charge in [-0.2, -0.15) is 0 Å². The number of aliphatic hydroxyl groups is 1. The molecule has 0 aromatic heterocycles. The average molecular weight is 315 g/mol. The van der Waals surface area contributed by atoms with E-state index in [0.717, 1.165) is 19.1 Å². The highest BCUT2D eigenvalue weighted by Gasteiger charge is 2.31. The SMILES string of the molecule is CC(NC(CCO)C1CC1)c1ccc(S(C)(=O)=O)c(F)c1. The summed E-state index contributed by atoms with van der Waals surface area (Å²) in [6.45, 7) is 2.05. The van der Waals surface area contributed by atoms with Crippen molar-refractivity contribution in [2.24, 2.45) is 5.92 Å². The maximum atomic E-state index is 13.9. The van der Waals surface area contributed by atoms with Gasteiger partial charge in [0.2, 0.25) is 0 Å². The zero-order valence-electron chi connectivity index (χ0n) is 12.3. The van der Waals surface area contributed by atoms with Crippen LogP contribution in [-0.4, -0.2) is 32.4 Å². The van der Waals surface area contributed by atoms with Crippen LogP contribution in [0, 0.1) is 11.7 Å². The first-order chi connectivity index (χ1) is 9.82. The molecule has 1 aromatic carbocycles. The molecule has 0 spiro atoms. The standard InChI is InChI=1S/C15H22FNO3S/c1-10(17-14(7-8-18)11-3-4-11)12-5-6-15(13(16)9-12)21(2,19)20/h5-6,9-11,14,17-18H,3-4,7-8H2,1-2H3. The molecule has 2 atom stereocenters. The van der Waals surface area contributed by atoms with Gasteiger partial charge >= 0.3 is 0 Å². The highest BCUT2D eigenvalue weighted by Crippen LogP contribution is 2.35. The van der Waals surface area contributed by atoms with Gasteiger partial charge in [0.1, 0.15) is 10.7 Å². The maximum absolute atomic E-state index is 13.9. The summed E-state index contributed by atoms with van der Waals surface area (Å²) >= 11 is 0. The first-order valence-electron chi connectivity index (χ1n) is 7.19. The van der Waals surface area contributed by atoms with Crippen LogP contribution in [0.15, 0.2) is 23.1 Å². The molecule has 0 radical (unpaired) electrons. The molecule has 21 heavy (non-hydrogen) atoms. The molecule has 2 N–H and O–H groups in total. The van der Waals surface area contributed by atoms with E-state index >= 15 is 0 Å². The Balaban J connectivity index is 2.12. The quantitative estimate of drug-likeness (QED) is 0.808. The molecule has 0 aliphatic heterocycles. The van der Waals surface area contributed by atoms with Crippen molar-refractivity contribution < 1.29 is 17.9 Å². The number of aliphatic hydroxyl groups excluding tert-OH is 1. The largest absolute Gasteiger partial charge is 0.396 e. The Labute approximate surface area is 125 Å². The number of nitrogens with one attached hydrogen (secondary N) is 1. The maximum Gasteiger partial charge on any atom is 0.178 e. The van der Waals surface area contributed by atoms with Crippen LogP contribution in [0.5, 0.6) is 0 Å². The van der Waals surface area contributed by atoms with Crippen molar-refractivity contribution in [1.29, 1.82) is 0 Å². The third-order valence-corrected chi connectivity index (χ3v) is 5.08. The lowest BCUT2D eigenvalue weighted by Crippen LogP contribution is -2.34. The molecule has 2 rings (SSSR count). The minimum absolute atomic E-state index is 0.0924. The number of halogens is 1. The summed E-state index contributed by atoms with van der Waals surface area (Å²) < 4.78 is 36.7. The molecule has 1 aromatic rings. The Hall–Kier alpha value is -0.980. The van der Waals surface area contributed by atoms with Crippen LogP contribution in [0.4, 0.5) is 4.39 Å². The lowest BCUT2D eigenvalue weighted by atomic mass is 10.0. The van der Waals surface area contributed by atoms with Crippen LogP contribution in [0.3, 0.4) is 0 Å². The van der Waals surface area contributed by atoms with Crippen molar-refractivity contribution in [3.8, 4) is 0 Å². The molecule has 1 saturated carbocycles. The van der Waals surface area contributed by atoms with Gasteiger partial charge in [0, 0.05) is 24.9 Å². The number of hydrogen-bond donors (Lipinski definition) is 2. The van der Waals surface area contributed by atoms with Crippen molar-refractivity contribution in [1.82, 2.24) is 5.32 Å². The molecule has 1 aliphatic rings. The van der Waals surface area contributed by atoms with Gasteiger partial charge in [0.25, 0.3) is 0 Å². The summed E-state index contributed by atoms with van der Waals surface area (Å²) in [7, 11) is -3.54. The molecule has 0 heterocycles. The highest BCUT2D eigenvalue weighted by molar-refractivity contribution is 7.90. The molecule has 0 bridgehead atoms. The average Bonchev–Trinajstić information content (AvgIpc) is 3.20. The molecule has 118 valence electrons. The minimum atomic E-state index is -3.54. The highest BCUT2D eigenvalue weighted by atomic mass is 32.2. The van der Waals surface area contributed by atoms with Gasteiger partial charge in [0.05, 0.1) is 0 Å². The van der Waals surface area contributed by atoms with E-state index in [1.165, 1.54) is 12.1 Å². The van der Waals surface area contributed by atoms with E-state index in [-0.39, 0.29) is 23.6 Å². The molecule has 1 aliphatic carbocycles. The van der Waals surface area contributed by atoms with Crippen molar-refractivity contribution in [2.45, 2.75) is 43.2 Å². The van der Waals surface area contributed by atoms with E-state index in [4.69, 9.17) is 5.11 Å². The Morgan fingerprint density at radius 2 is 2.10 bits per heavy atom. The topological polar surface area (TPSA) is 66.4 Å². The molecule has 1 fully saturated rings. The number of benzene rings is 1. The molecule has 6 heteroatoms. The molecule has 0 saturated heterocycles. The zero-order valence-corrected chi connectivity index (χ0v) is 13.2. The Morgan fingerprint density at radius 1 is 1.43 bits per heavy atom. The first kappa shape index (κ1) is 16.4. The van der Waals surface area contributed by atoms with E-state index in [0.29, 0.717) is 17.9 Å². The second-order valence-corrected chi connectivity index (χ2v) is 7.79. The minimum Gasteiger partial charge on any atom is -0.396 e. The van der Waals surface area contributed by atoms with Gasteiger partial charge in [-0.15, -0.1) is 0 Å². The van der Waals surface area contributed by atoms with Crippen molar-refractivity contribution in [3.05, 3.63) is 29.6 Å². The lowest BCUT2D eigenvalue weighted by Gasteiger charge is -2.23. The summed E-state index contributed by atoms with van der Waals surface area (Å²) in [6.07, 6.45) is 3.99. The van der Waals surface area contributed by atoms with Gasteiger partial charge in [-0.1, -0.05) is 6.07 Å². The lowest BCUT2D eigenvalue weighted by molar-refractivity contribution is 0.250. The fourth-order valence-corrected chi connectivity index (χ4v) is 3.33. The van der Waals surface area contributed by atoms with Crippen molar-refractivity contribution >= 4 is 9.84 Å². The smallest absolute Gasteiger partial charge is 0.178 e. The van der Waals surface area contributed by atoms with E-state index in [1.807, 2.05) is 6.92 Å². The van der Waals surface area contributed by atoms with E-state index in [9.17, 15) is 12.8 Å². The van der Waals surface area contributed by atoms with Gasteiger partial charge in [0.15, 0.2) is 9.84 Å². The van der Waals surface area contributed by atoms with Crippen molar-refractivity contribution in [3.63, 3.8) is 0 Å². The Morgan fingerprint density at radius 3 is 2.57 bits per heavy atom. The third kappa shape index (κ3) is 4.25. The van der Waals surface area contributed by atoms with E-state index < -0.39 is 15.7 Å². The van der Waals surface area contributed by atoms with Crippen LogP contribution in [0.25, 0.3) is 0 Å². The molecule has 0 amide bonds. The Kier molecular flexibility index (Phi) is 5.01. The summed E-state index contributed by atoms with van der Waals surface area (Å²) in [4.78, 5) is -0.271. The monoisotopic (exact) mass is 315 g/mol.